The van der Waals surface area contributed by atoms with E-state index in [0.717, 1.165) is 9.80 Å². The molecule has 4 aliphatic rings. The number of rotatable bonds is 16. The third-order valence-corrected chi connectivity index (χ3v) is 9.12. The van der Waals surface area contributed by atoms with Crippen molar-refractivity contribution >= 4 is 35.4 Å². The molecule has 2 fully saturated rings. The lowest BCUT2D eigenvalue weighted by molar-refractivity contribution is -0.139. The van der Waals surface area contributed by atoms with Gasteiger partial charge in [-0.15, -0.1) is 0 Å². The molecule has 6 amide bonds. The highest BCUT2D eigenvalue weighted by Crippen LogP contribution is 2.51. The van der Waals surface area contributed by atoms with E-state index in [2.05, 4.69) is 10.6 Å². The predicted octanol–water partition coefficient (Wildman–Crippen LogP) is 2.18. The van der Waals surface area contributed by atoms with Gasteiger partial charge in [-0.2, -0.15) is 0 Å². The van der Waals surface area contributed by atoms with E-state index >= 15 is 0 Å². The van der Waals surface area contributed by atoms with E-state index in [1.165, 1.54) is 24.3 Å². The third-order valence-electron chi connectivity index (χ3n) is 9.12. The first-order valence-electron chi connectivity index (χ1n) is 16.4. The number of ether oxygens (including phenoxy) is 3. The van der Waals surface area contributed by atoms with Crippen molar-refractivity contribution in [3.8, 4) is 0 Å². The monoisotopic (exact) mass is 660 g/mol. The average Bonchev–Trinajstić information content (AvgIpc) is 3.84. The Bertz CT molecular complexity index is 1280. The fourth-order valence-electron chi connectivity index (χ4n) is 6.11. The highest BCUT2D eigenvalue weighted by atomic mass is 16.6. The number of imide groups is 2. The van der Waals surface area contributed by atoms with Gasteiger partial charge in [0.15, 0.2) is 0 Å². The summed E-state index contributed by atoms with van der Waals surface area (Å²) in [5.41, 5.74) is -2.65. The zero-order chi connectivity index (χ0) is 35.5. The lowest BCUT2D eigenvalue weighted by Gasteiger charge is -2.34. The van der Waals surface area contributed by atoms with Crippen LogP contribution in [0.5, 0.6) is 0 Å². The summed E-state index contributed by atoms with van der Waals surface area (Å²) in [6.07, 6.45) is 4.98. The number of nitrogens with zero attached hydrogens (tertiary/aromatic N) is 2. The number of hydrogen-bond acceptors (Lipinski definition) is 9. The summed E-state index contributed by atoms with van der Waals surface area (Å²) >= 11 is 0. The number of carbonyl (C=O) groups is 6. The molecule has 47 heavy (non-hydrogen) atoms. The van der Waals surface area contributed by atoms with E-state index in [-0.39, 0.29) is 62.0 Å². The van der Waals surface area contributed by atoms with Gasteiger partial charge in [-0.3, -0.25) is 38.6 Å². The summed E-state index contributed by atoms with van der Waals surface area (Å²) in [5.74, 6) is -2.12. The molecule has 13 heteroatoms. The van der Waals surface area contributed by atoms with Crippen LogP contribution in [-0.4, -0.2) is 106 Å². The minimum atomic E-state index is -0.730. The Morgan fingerprint density at radius 3 is 1.77 bits per heavy atom. The van der Waals surface area contributed by atoms with E-state index in [9.17, 15) is 28.8 Å². The van der Waals surface area contributed by atoms with E-state index in [0.29, 0.717) is 13.0 Å². The lowest BCUT2D eigenvalue weighted by Crippen LogP contribution is -2.54. The van der Waals surface area contributed by atoms with E-state index < -0.39 is 45.9 Å². The van der Waals surface area contributed by atoms with Crippen molar-refractivity contribution in [1.82, 2.24) is 20.4 Å². The van der Waals surface area contributed by atoms with Gasteiger partial charge in [-0.1, -0.05) is 20.8 Å². The molecular weight excluding hydrogens is 608 g/mol. The molecule has 4 rings (SSSR count). The Labute approximate surface area is 277 Å². The van der Waals surface area contributed by atoms with Gasteiger partial charge in [0.1, 0.15) is 11.7 Å². The van der Waals surface area contributed by atoms with Crippen molar-refractivity contribution in [3.05, 3.63) is 24.3 Å². The maximum Gasteiger partial charge on any atom is 0.253 e. The van der Waals surface area contributed by atoms with Crippen LogP contribution < -0.4 is 10.6 Å². The van der Waals surface area contributed by atoms with Gasteiger partial charge in [0.2, 0.25) is 11.8 Å². The quantitative estimate of drug-likeness (QED) is 0.186. The molecular formula is C34H52N4O9. The molecule has 2 saturated heterocycles. The Kier molecular flexibility index (Phi) is 11.6. The first-order valence-corrected chi connectivity index (χ1v) is 16.4. The maximum absolute atomic E-state index is 12.7. The highest BCUT2D eigenvalue weighted by Gasteiger charge is 2.68. The molecule has 13 nitrogen and oxygen atoms in total. The summed E-state index contributed by atoms with van der Waals surface area (Å²) in [6, 6.07) is 0. The maximum atomic E-state index is 12.7. The molecule has 0 aromatic heterocycles. The summed E-state index contributed by atoms with van der Waals surface area (Å²) in [6.45, 7) is 20.0. The Morgan fingerprint density at radius 1 is 0.851 bits per heavy atom. The molecule has 5 atom stereocenters. The zero-order valence-electron chi connectivity index (χ0n) is 29.4. The normalized spacial score (nSPS) is 26.0. The van der Waals surface area contributed by atoms with Crippen LogP contribution in [0.1, 0.15) is 88.5 Å². The Hall–Kier alpha value is -3.42. The molecule has 0 saturated carbocycles. The molecule has 0 aliphatic carbocycles. The van der Waals surface area contributed by atoms with Gasteiger partial charge >= 0.3 is 0 Å². The van der Waals surface area contributed by atoms with Crippen molar-refractivity contribution < 1.29 is 43.0 Å². The fourth-order valence-corrected chi connectivity index (χ4v) is 6.11. The minimum absolute atomic E-state index is 0.00912. The van der Waals surface area contributed by atoms with Crippen molar-refractivity contribution in [2.24, 2.45) is 5.92 Å². The van der Waals surface area contributed by atoms with Crippen LogP contribution in [0, 0.1) is 5.92 Å². The lowest BCUT2D eigenvalue weighted by atomic mass is 9.81. The molecule has 262 valence electrons. The molecule has 4 heterocycles. The van der Waals surface area contributed by atoms with Gasteiger partial charge in [-0.25, -0.2) is 0 Å². The van der Waals surface area contributed by atoms with Gasteiger partial charge in [0, 0.05) is 61.7 Å². The standard InChI is InChI=1S/C32H46N4O9.C2H6/c1-19(27-20(44-27)17-29(2,3)33-21(37)13-15-35-23(39)9-10-24(35)40)18-43-31(6,7)32(8)28(45-32)30(4,5)34-22(38)14-16-36-25(41)11-12-26(36)42;1-2/h9-12,19-20,27-28H,13-18H2,1-8H3,(H,33,37)(H,34,38);1-2H3. The smallest absolute Gasteiger partial charge is 0.253 e. The summed E-state index contributed by atoms with van der Waals surface area (Å²) in [7, 11) is 0. The molecule has 0 aromatic carbocycles. The molecule has 2 N–H and O–H groups in total. The van der Waals surface area contributed by atoms with Gasteiger partial charge < -0.3 is 24.8 Å². The highest BCUT2D eigenvalue weighted by molar-refractivity contribution is 6.13. The molecule has 5 unspecified atom stereocenters. The van der Waals surface area contributed by atoms with Crippen LogP contribution in [0.25, 0.3) is 0 Å². The van der Waals surface area contributed by atoms with E-state index in [4.69, 9.17) is 14.2 Å². The number of nitrogens with one attached hydrogen (secondary N) is 2. The second-order valence-electron chi connectivity index (χ2n) is 14.3. The fraction of sp³-hybridized carbons (Fsp3) is 0.706. The third kappa shape index (κ3) is 9.14. The van der Waals surface area contributed by atoms with E-state index in [1.807, 2.05) is 69.2 Å². The number of epoxide rings is 2. The van der Waals surface area contributed by atoms with Gasteiger partial charge in [-0.05, 0) is 54.9 Å². The molecule has 4 aliphatic heterocycles. The summed E-state index contributed by atoms with van der Waals surface area (Å²) in [5, 5.41) is 5.97. The summed E-state index contributed by atoms with van der Waals surface area (Å²) in [4.78, 5) is 74.2. The summed E-state index contributed by atoms with van der Waals surface area (Å²) < 4.78 is 18.5. The molecule has 0 spiro atoms. The SMILES string of the molecule is CC.CC(COC(C)(C)C1(C)OC1C(C)(C)NC(=O)CCN1C(=O)C=CC1=O)C1OC1CC(C)(C)NC(=O)CCN1C(=O)C=CC1=O. The van der Waals surface area contributed by atoms with Crippen molar-refractivity contribution in [3.63, 3.8) is 0 Å². The van der Waals surface area contributed by atoms with Crippen LogP contribution in [0.2, 0.25) is 0 Å². The second kappa shape index (κ2) is 14.4. The number of amides is 6. The number of hydrogen-bond donors (Lipinski definition) is 2. The zero-order valence-corrected chi connectivity index (χ0v) is 29.4. The van der Waals surface area contributed by atoms with Crippen LogP contribution in [-0.2, 0) is 43.0 Å². The van der Waals surface area contributed by atoms with E-state index in [1.54, 1.807) is 0 Å². The molecule has 0 aromatic rings. The largest absolute Gasteiger partial charge is 0.372 e. The number of carbonyl (C=O) groups excluding carboxylic acids is 6. The second-order valence-corrected chi connectivity index (χ2v) is 14.3. The minimum Gasteiger partial charge on any atom is -0.372 e. The van der Waals surface area contributed by atoms with Crippen molar-refractivity contribution in [2.45, 2.75) is 129 Å². The average molecular weight is 661 g/mol. The Balaban J connectivity index is 0.00000294. The molecule has 0 radical (unpaired) electrons. The van der Waals surface area contributed by atoms with Gasteiger partial charge in [0.25, 0.3) is 23.6 Å². The van der Waals surface area contributed by atoms with Crippen LogP contribution in [0.4, 0.5) is 0 Å². The van der Waals surface area contributed by atoms with Gasteiger partial charge in [0.05, 0.1) is 30.0 Å². The first-order chi connectivity index (χ1) is 21.8. The molecule has 0 bridgehead atoms. The first kappa shape index (κ1) is 38.0. The predicted molar refractivity (Wildman–Crippen MR) is 172 cm³/mol. The van der Waals surface area contributed by atoms with Crippen LogP contribution >= 0.6 is 0 Å². The van der Waals surface area contributed by atoms with Crippen LogP contribution in [0.15, 0.2) is 24.3 Å². The topological polar surface area (TPSA) is 167 Å². The Morgan fingerprint density at radius 2 is 1.30 bits per heavy atom. The van der Waals surface area contributed by atoms with Crippen molar-refractivity contribution in [1.29, 1.82) is 0 Å². The van der Waals surface area contributed by atoms with Crippen molar-refractivity contribution in [2.75, 3.05) is 19.7 Å². The van der Waals surface area contributed by atoms with Crippen LogP contribution in [0.3, 0.4) is 0 Å².